The minimum atomic E-state index is -0.507. The molecule has 1 aliphatic heterocycles. The normalized spacial score (nSPS) is 20.9. The summed E-state index contributed by atoms with van der Waals surface area (Å²) in [6.07, 6.45) is 1.83. The van der Waals surface area contributed by atoms with Gasteiger partial charge in [-0.1, -0.05) is 29.8 Å². The molecule has 0 bridgehead atoms. The average Bonchev–Trinajstić information content (AvgIpc) is 2.94. The van der Waals surface area contributed by atoms with E-state index in [1.807, 2.05) is 35.2 Å². The van der Waals surface area contributed by atoms with Gasteiger partial charge in [0.15, 0.2) is 6.23 Å². The van der Waals surface area contributed by atoms with Crippen LogP contribution >= 0.6 is 11.6 Å². The molecule has 2 aromatic rings. The Bertz CT molecular complexity index is 665. The Morgan fingerprint density at radius 1 is 1.27 bits per heavy atom. The van der Waals surface area contributed by atoms with Crippen LogP contribution in [0.5, 0.6) is 5.75 Å². The molecule has 114 valence electrons. The average molecular weight is 318 g/mol. The van der Waals surface area contributed by atoms with Gasteiger partial charge in [0.25, 0.3) is 0 Å². The van der Waals surface area contributed by atoms with E-state index in [0.29, 0.717) is 23.7 Å². The zero-order valence-electron chi connectivity index (χ0n) is 11.9. The Kier molecular flexibility index (Phi) is 4.15. The van der Waals surface area contributed by atoms with Crippen molar-refractivity contribution in [2.45, 2.75) is 12.6 Å². The third-order valence-electron chi connectivity index (χ3n) is 3.73. The Morgan fingerprint density at radius 3 is 2.73 bits per heavy atom. The molecule has 1 aromatic heterocycles. The van der Waals surface area contributed by atoms with Crippen molar-refractivity contribution >= 4 is 23.3 Å². The monoisotopic (exact) mass is 317 g/mol. The second kappa shape index (κ2) is 6.23. The van der Waals surface area contributed by atoms with Gasteiger partial charge in [0, 0.05) is 12.7 Å². The summed E-state index contributed by atoms with van der Waals surface area (Å²) >= 11 is 6.15. The third kappa shape index (κ3) is 2.85. The first-order chi connectivity index (χ1) is 10.7. The third-order valence-corrected chi connectivity index (χ3v) is 4.04. The lowest BCUT2D eigenvalue weighted by molar-refractivity contribution is -0.123. The van der Waals surface area contributed by atoms with E-state index in [1.54, 1.807) is 18.3 Å². The van der Waals surface area contributed by atoms with E-state index in [1.165, 1.54) is 0 Å². The van der Waals surface area contributed by atoms with Crippen molar-refractivity contribution in [3.8, 4) is 5.75 Å². The fraction of sp³-hybridized carbons (Fsp3) is 0.250. The number of halogens is 1. The number of pyridine rings is 1. The first-order valence-corrected chi connectivity index (χ1v) is 7.43. The van der Waals surface area contributed by atoms with Crippen molar-refractivity contribution in [3.05, 3.63) is 53.7 Å². The Hall–Kier alpha value is -2.27. The summed E-state index contributed by atoms with van der Waals surface area (Å²) < 4.78 is 6.00. The van der Waals surface area contributed by atoms with Gasteiger partial charge in [-0.05, 0) is 30.7 Å². The predicted octanol–water partition coefficient (Wildman–Crippen LogP) is 2.45. The number of nitrogens with two attached hydrogens (primary N) is 1. The lowest BCUT2D eigenvalue weighted by Gasteiger charge is -2.28. The fourth-order valence-corrected chi connectivity index (χ4v) is 2.81. The van der Waals surface area contributed by atoms with Crippen molar-refractivity contribution in [3.63, 3.8) is 0 Å². The Balaban J connectivity index is 1.91. The number of primary amides is 1. The zero-order valence-corrected chi connectivity index (χ0v) is 12.6. The maximum absolute atomic E-state index is 11.7. The number of carbonyl (C=O) groups is 1. The Labute approximate surface area is 133 Å². The number of para-hydroxylation sites is 1. The molecular weight excluding hydrogens is 302 g/mol. The van der Waals surface area contributed by atoms with Gasteiger partial charge in [-0.3, -0.25) is 4.79 Å². The topological polar surface area (TPSA) is 68.5 Å². The van der Waals surface area contributed by atoms with E-state index >= 15 is 0 Å². The summed E-state index contributed by atoms with van der Waals surface area (Å²) in [7, 11) is 0. The first-order valence-electron chi connectivity index (χ1n) is 7.05. The summed E-state index contributed by atoms with van der Waals surface area (Å²) in [6, 6.07) is 12.8. The number of aromatic nitrogens is 1. The van der Waals surface area contributed by atoms with Crippen LogP contribution in [0.4, 0.5) is 5.82 Å². The smallest absolute Gasteiger partial charge is 0.226 e. The van der Waals surface area contributed by atoms with Gasteiger partial charge in [-0.2, -0.15) is 0 Å². The molecule has 0 spiro atoms. The van der Waals surface area contributed by atoms with Gasteiger partial charge < -0.3 is 15.4 Å². The molecule has 0 saturated carbocycles. The van der Waals surface area contributed by atoms with E-state index in [4.69, 9.17) is 22.1 Å². The summed E-state index contributed by atoms with van der Waals surface area (Å²) in [6.45, 7) is 0.653. The molecule has 2 N–H and O–H groups in total. The number of hydrogen-bond acceptors (Lipinski definition) is 4. The highest BCUT2D eigenvalue weighted by atomic mass is 35.5. The van der Waals surface area contributed by atoms with Gasteiger partial charge in [-0.25, -0.2) is 4.98 Å². The van der Waals surface area contributed by atoms with E-state index in [2.05, 4.69) is 4.98 Å². The molecule has 1 amide bonds. The molecule has 2 heterocycles. The van der Waals surface area contributed by atoms with Crippen LogP contribution in [0.3, 0.4) is 0 Å². The molecule has 1 aliphatic rings. The lowest BCUT2D eigenvalue weighted by atomic mass is 10.1. The van der Waals surface area contributed by atoms with E-state index in [9.17, 15) is 4.79 Å². The highest BCUT2D eigenvalue weighted by molar-refractivity contribution is 6.32. The number of carbonyl (C=O) groups excluding carboxylic acids is 1. The van der Waals surface area contributed by atoms with Crippen molar-refractivity contribution < 1.29 is 9.53 Å². The first kappa shape index (κ1) is 14.7. The van der Waals surface area contributed by atoms with E-state index in [-0.39, 0.29) is 5.91 Å². The van der Waals surface area contributed by atoms with Gasteiger partial charge in [0.2, 0.25) is 5.91 Å². The number of hydrogen-bond donors (Lipinski definition) is 1. The van der Waals surface area contributed by atoms with Crippen LogP contribution in [0.1, 0.15) is 6.42 Å². The van der Waals surface area contributed by atoms with Crippen molar-refractivity contribution in [1.82, 2.24) is 4.98 Å². The minimum Gasteiger partial charge on any atom is -0.468 e. The number of rotatable bonds is 4. The van der Waals surface area contributed by atoms with Crippen LogP contribution in [-0.4, -0.2) is 23.7 Å². The highest BCUT2D eigenvalue weighted by Crippen LogP contribution is 2.33. The van der Waals surface area contributed by atoms with Gasteiger partial charge in [0.1, 0.15) is 11.6 Å². The summed E-state index contributed by atoms with van der Waals surface area (Å²) in [5, 5.41) is 0.499. The largest absolute Gasteiger partial charge is 0.468 e. The van der Waals surface area contributed by atoms with Crippen molar-refractivity contribution in [1.29, 1.82) is 0 Å². The molecule has 2 unspecified atom stereocenters. The molecule has 1 saturated heterocycles. The summed E-state index contributed by atoms with van der Waals surface area (Å²) in [4.78, 5) is 18.0. The van der Waals surface area contributed by atoms with Crippen LogP contribution in [0.25, 0.3) is 0 Å². The molecule has 1 fully saturated rings. The molecule has 5 nitrogen and oxygen atoms in total. The molecule has 3 rings (SSSR count). The maximum Gasteiger partial charge on any atom is 0.226 e. The molecule has 0 radical (unpaired) electrons. The number of ether oxygens (including phenoxy) is 1. The standard InChI is InChI=1S/C16H16ClN3O2/c17-12-5-1-2-6-13(12)22-16-11(15(18)21)8-10-20(16)14-7-3-4-9-19-14/h1-7,9,11,16H,8,10H2,(H2,18,21). The number of nitrogens with zero attached hydrogens (tertiary/aromatic N) is 2. The van der Waals surface area contributed by atoms with Crippen LogP contribution in [0, 0.1) is 5.92 Å². The minimum absolute atomic E-state index is 0.379. The van der Waals surface area contributed by atoms with E-state index in [0.717, 1.165) is 5.82 Å². The van der Waals surface area contributed by atoms with Crippen LogP contribution < -0.4 is 15.4 Å². The summed E-state index contributed by atoms with van der Waals surface area (Å²) in [5.74, 6) is 0.500. The molecular formula is C16H16ClN3O2. The van der Waals surface area contributed by atoms with Crippen LogP contribution in [0.2, 0.25) is 5.02 Å². The number of anilines is 1. The Morgan fingerprint density at radius 2 is 2.05 bits per heavy atom. The lowest BCUT2D eigenvalue weighted by Crippen LogP contribution is -2.42. The molecule has 1 aromatic carbocycles. The number of benzene rings is 1. The maximum atomic E-state index is 11.7. The van der Waals surface area contributed by atoms with Gasteiger partial charge in [-0.15, -0.1) is 0 Å². The molecule has 2 atom stereocenters. The van der Waals surface area contributed by atoms with Crippen molar-refractivity contribution in [2.75, 3.05) is 11.4 Å². The molecule has 6 heteroatoms. The van der Waals surface area contributed by atoms with Gasteiger partial charge >= 0.3 is 0 Å². The van der Waals surface area contributed by atoms with Crippen LogP contribution in [0.15, 0.2) is 48.7 Å². The fourth-order valence-electron chi connectivity index (χ4n) is 2.63. The SMILES string of the molecule is NC(=O)C1CCN(c2ccccn2)C1Oc1ccccc1Cl. The molecule has 22 heavy (non-hydrogen) atoms. The van der Waals surface area contributed by atoms with Gasteiger partial charge in [0.05, 0.1) is 10.9 Å². The predicted molar refractivity (Wildman–Crippen MR) is 84.8 cm³/mol. The number of amides is 1. The van der Waals surface area contributed by atoms with E-state index < -0.39 is 12.1 Å². The summed E-state index contributed by atoms with van der Waals surface area (Å²) in [5.41, 5.74) is 5.52. The quantitative estimate of drug-likeness (QED) is 0.940. The molecule has 0 aliphatic carbocycles. The second-order valence-electron chi connectivity index (χ2n) is 5.12. The zero-order chi connectivity index (χ0) is 15.5. The highest BCUT2D eigenvalue weighted by Gasteiger charge is 2.40. The van der Waals surface area contributed by atoms with Crippen molar-refractivity contribution in [2.24, 2.45) is 11.7 Å². The van der Waals surface area contributed by atoms with Crippen LogP contribution in [-0.2, 0) is 4.79 Å². The second-order valence-corrected chi connectivity index (χ2v) is 5.52.